The third-order valence-electron chi connectivity index (χ3n) is 3.40. The first kappa shape index (κ1) is 14.6. The molecule has 0 unspecified atom stereocenters. The van der Waals surface area contributed by atoms with Gasteiger partial charge >= 0.3 is 0 Å². The number of aromatic nitrogens is 1. The SMILES string of the molecule is Clc1ccc(OCC[n+]2cccc(-c3ccccc3)c2)cc1. The van der Waals surface area contributed by atoms with Crippen molar-refractivity contribution < 1.29 is 9.30 Å². The molecule has 0 amide bonds. The Morgan fingerprint density at radius 2 is 1.55 bits per heavy atom. The molecular weight excluding hydrogens is 294 g/mol. The Balaban J connectivity index is 1.62. The molecule has 2 nitrogen and oxygen atoms in total. The van der Waals surface area contributed by atoms with Crippen LogP contribution in [0.1, 0.15) is 0 Å². The first-order valence-electron chi connectivity index (χ1n) is 7.24. The van der Waals surface area contributed by atoms with Gasteiger partial charge in [-0.1, -0.05) is 41.9 Å². The van der Waals surface area contributed by atoms with Crippen molar-refractivity contribution >= 4 is 11.6 Å². The largest absolute Gasteiger partial charge is 0.487 e. The Bertz CT molecular complexity index is 726. The van der Waals surface area contributed by atoms with Gasteiger partial charge in [0.05, 0.1) is 0 Å². The van der Waals surface area contributed by atoms with Crippen LogP contribution >= 0.6 is 11.6 Å². The third-order valence-corrected chi connectivity index (χ3v) is 3.65. The number of nitrogens with zero attached hydrogens (tertiary/aromatic N) is 1. The fourth-order valence-corrected chi connectivity index (χ4v) is 2.39. The van der Waals surface area contributed by atoms with Crippen LogP contribution in [0.3, 0.4) is 0 Å². The first-order valence-corrected chi connectivity index (χ1v) is 7.62. The molecule has 0 saturated heterocycles. The average molecular weight is 311 g/mol. The molecule has 0 saturated carbocycles. The van der Waals surface area contributed by atoms with Crippen molar-refractivity contribution in [3.8, 4) is 16.9 Å². The molecule has 2 aromatic carbocycles. The van der Waals surface area contributed by atoms with Crippen LogP contribution in [0.4, 0.5) is 0 Å². The predicted molar refractivity (Wildman–Crippen MR) is 89.0 cm³/mol. The summed E-state index contributed by atoms with van der Waals surface area (Å²) in [6.45, 7) is 1.41. The van der Waals surface area contributed by atoms with Crippen LogP contribution in [0, 0.1) is 0 Å². The molecule has 0 N–H and O–H groups in total. The zero-order valence-electron chi connectivity index (χ0n) is 12.2. The zero-order valence-corrected chi connectivity index (χ0v) is 12.9. The van der Waals surface area contributed by atoms with Gasteiger partial charge in [0.1, 0.15) is 12.4 Å². The van der Waals surface area contributed by atoms with Crippen LogP contribution in [0.5, 0.6) is 5.75 Å². The number of rotatable bonds is 5. The number of ether oxygens (including phenoxy) is 1. The molecule has 3 aromatic rings. The van der Waals surface area contributed by atoms with Gasteiger partial charge in [-0.2, -0.15) is 0 Å². The van der Waals surface area contributed by atoms with Gasteiger partial charge in [-0.25, -0.2) is 4.57 Å². The zero-order chi connectivity index (χ0) is 15.2. The van der Waals surface area contributed by atoms with E-state index in [1.54, 1.807) is 0 Å². The number of halogens is 1. The molecule has 0 atom stereocenters. The van der Waals surface area contributed by atoms with Gasteiger partial charge in [-0.05, 0) is 35.9 Å². The lowest BCUT2D eigenvalue weighted by Crippen LogP contribution is -2.35. The highest BCUT2D eigenvalue weighted by molar-refractivity contribution is 6.30. The monoisotopic (exact) mass is 310 g/mol. The Morgan fingerprint density at radius 1 is 0.818 bits per heavy atom. The predicted octanol–water partition coefficient (Wildman–Crippen LogP) is 4.37. The molecule has 0 fully saturated rings. The van der Waals surface area contributed by atoms with Gasteiger partial charge in [0, 0.05) is 16.7 Å². The van der Waals surface area contributed by atoms with Crippen LogP contribution in [0.25, 0.3) is 11.1 Å². The Kier molecular flexibility index (Phi) is 4.71. The van der Waals surface area contributed by atoms with E-state index in [2.05, 4.69) is 53.4 Å². The molecule has 0 aliphatic rings. The highest BCUT2D eigenvalue weighted by Crippen LogP contribution is 2.16. The maximum absolute atomic E-state index is 5.86. The molecule has 0 aliphatic carbocycles. The quantitative estimate of drug-likeness (QED) is 0.638. The van der Waals surface area contributed by atoms with Crippen molar-refractivity contribution in [2.75, 3.05) is 6.61 Å². The summed E-state index contributed by atoms with van der Waals surface area (Å²) in [5, 5.41) is 0.720. The summed E-state index contributed by atoms with van der Waals surface area (Å²) in [6.07, 6.45) is 4.19. The molecule has 3 rings (SSSR count). The first-order chi connectivity index (χ1) is 10.8. The van der Waals surface area contributed by atoms with Gasteiger partial charge in [-0.3, -0.25) is 0 Å². The minimum absolute atomic E-state index is 0.616. The normalized spacial score (nSPS) is 10.4. The second-order valence-corrected chi connectivity index (χ2v) is 5.44. The van der Waals surface area contributed by atoms with Crippen LogP contribution in [-0.2, 0) is 6.54 Å². The lowest BCUT2D eigenvalue weighted by Gasteiger charge is -2.05. The highest BCUT2D eigenvalue weighted by Gasteiger charge is 2.05. The molecule has 0 bridgehead atoms. The summed E-state index contributed by atoms with van der Waals surface area (Å²) in [5.41, 5.74) is 2.42. The summed E-state index contributed by atoms with van der Waals surface area (Å²) in [4.78, 5) is 0. The van der Waals surface area contributed by atoms with Crippen molar-refractivity contribution in [2.45, 2.75) is 6.54 Å². The lowest BCUT2D eigenvalue weighted by atomic mass is 10.1. The van der Waals surface area contributed by atoms with Crippen molar-refractivity contribution in [1.82, 2.24) is 0 Å². The lowest BCUT2D eigenvalue weighted by molar-refractivity contribution is -0.697. The van der Waals surface area contributed by atoms with E-state index in [0.29, 0.717) is 6.61 Å². The van der Waals surface area contributed by atoms with Gasteiger partial charge in [0.15, 0.2) is 18.9 Å². The number of pyridine rings is 1. The Morgan fingerprint density at radius 3 is 2.32 bits per heavy atom. The van der Waals surface area contributed by atoms with E-state index in [4.69, 9.17) is 16.3 Å². The van der Waals surface area contributed by atoms with Crippen molar-refractivity contribution in [3.63, 3.8) is 0 Å². The smallest absolute Gasteiger partial charge is 0.182 e. The minimum atomic E-state index is 0.616. The summed E-state index contributed by atoms with van der Waals surface area (Å²) < 4.78 is 7.87. The van der Waals surface area contributed by atoms with Crippen molar-refractivity contribution in [2.24, 2.45) is 0 Å². The van der Waals surface area contributed by atoms with E-state index in [0.717, 1.165) is 17.3 Å². The summed E-state index contributed by atoms with van der Waals surface area (Å²) in [5.74, 6) is 0.837. The van der Waals surface area contributed by atoms with Gasteiger partial charge in [-0.15, -0.1) is 0 Å². The fraction of sp³-hybridized carbons (Fsp3) is 0.105. The van der Waals surface area contributed by atoms with E-state index < -0.39 is 0 Å². The van der Waals surface area contributed by atoms with E-state index in [9.17, 15) is 0 Å². The van der Waals surface area contributed by atoms with Crippen molar-refractivity contribution in [3.05, 3.63) is 84.1 Å². The van der Waals surface area contributed by atoms with Crippen LogP contribution < -0.4 is 9.30 Å². The summed E-state index contributed by atoms with van der Waals surface area (Å²) >= 11 is 5.86. The maximum Gasteiger partial charge on any atom is 0.182 e. The molecule has 22 heavy (non-hydrogen) atoms. The van der Waals surface area contributed by atoms with E-state index in [1.807, 2.05) is 30.3 Å². The average Bonchev–Trinajstić information content (AvgIpc) is 2.58. The Labute approximate surface area is 135 Å². The molecule has 0 spiro atoms. The Hall–Kier alpha value is -2.32. The molecule has 0 radical (unpaired) electrons. The number of hydrogen-bond acceptors (Lipinski definition) is 1. The van der Waals surface area contributed by atoms with Crippen LogP contribution in [0.2, 0.25) is 5.02 Å². The van der Waals surface area contributed by atoms with E-state index in [1.165, 1.54) is 11.1 Å². The molecular formula is C19H17ClNO+. The van der Waals surface area contributed by atoms with Crippen LogP contribution in [0.15, 0.2) is 79.1 Å². The molecule has 3 heteroatoms. The topological polar surface area (TPSA) is 13.1 Å². The number of benzene rings is 2. The molecule has 0 aliphatic heterocycles. The van der Waals surface area contributed by atoms with Gasteiger partial charge in [0.25, 0.3) is 0 Å². The molecule has 1 heterocycles. The molecule has 1 aromatic heterocycles. The summed E-state index contributed by atoms with van der Waals surface area (Å²) in [6, 6.07) is 22.0. The van der Waals surface area contributed by atoms with Gasteiger partial charge < -0.3 is 4.74 Å². The van der Waals surface area contributed by atoms with Gasteiger partial charge in [0.2, 0.25) is 0 Å². The number of hydrogen-bond donors (Lipinski definition) is 0. The van der Waals surface area contributed by atoms with Crippen molar-refractivity contribution in [1.29, 1.82) is 0 Å². The van der Waals surface area contributed by atoms with Crippen LogP contribution in [-0.4, -0.2) is 6.61 Å². The minimum Gasteiger partial charge on any atom is -0.487 e. The maximum atomic E-state index is 5.86. The second kappa shape index (κ2) is 7.10. The highest BCUT2D eigenvalue weighted by atomic mass is 35.5. The molecule has 110 valence electrons. The third kappa shape index (κ3) is 3.86. The van der Waals surface area contributed by atoms with E-state index >= 15 is 0 Å². The second-order valence-electron chi connectivity index (χ2n) is 5.00. The standard InChI is InChI=1S/C19H17ClNO/c20-18-8-10-19(11-9-18)22-14-13-21-12-4-7-17(15-21)16-5-2-1-3-6-16/h1-12,15H,13-14H2/q+1. The fourth-order valence-electron chi connectivity index (χ4n) is 2.26. The van der Waals surface area contributed by atoms with E-state index in [-0.39, 0.29) is 0 Å². The summed E-state index contributed by atoms with van der Waals surface area (Å²) in [7, 11) is 0.